The molecular weight excluding hydrogens is 355 g/mol. The Morgan fingerprint density at radius 1 is 1.35 bits per heavy atom. The van der Waals surface area contributed by atoms with Gasteiger partial charge >= 0.3 is 0 Å². The molecule has 0 aromatic carbocycles. The van der Waals surface area contributed by atoms with Gasteiger partial charge in [0.2, 0.25) is 5.91 Å². The number of hydrogen-bond donors (Lipinski definition) is 2. The van der Waals surface area contributed by atoms with E-state index in [0.717, 1.165) is 62.7 Å². The van der Waals surface area contributed by atoms with Gasteiger partial charge in [0.25, 0.3) is 0 Å². The van der Waals surface area contributed by atoms with Crippen molar-refractivity contribution in [3.63, 3.8) is 0 Å². The minimum absolute atomic E-state index is 0. The predicted octanol–water partition coefficient (Wildman–Crippen LogP) is 2.38. The number of aromatic nitrogens is 1. The normalized spacial score (nSPS) is 22.0. The van der Waals surface area contributed by atoms with E-state index < -0.39 is 0 Å². The summed E-state index contributed by atoms with van der Waals surface area (Å²) in [6.07, 6.45) is 4.14. The van der Waals surface area contributed by atoms with E-state index >= 15 is 0 Å². The van der Waals surface area contributed by atoms with Crippen LogP contribution in [-0.2, 0) is 4.79 Å². The van der Waals surface area contributed by atoms with Crippen molar-refractivity contribution in [1.29, 1.82) is 0 Å². The summed E-state index contributed by atoms with van der Waals surface area (Å²) >= 11 is 1.70. The number of aryl methyl sites for hydroxylation is 1. The average Bonchev–Trinajstić information content (AvgIpc) is 2.95. The maximum atomic E-state index is 12.3. The second-order valence-electron chi connectivity index (χ2n) is 6.08. The van der Waals surface area contributed by atoms with Gasteiger partial charge < -0.3 is 15.5 Å². The number of nitrogens with zero attached hydrogens (tertiary/aromatic N) is 2. The Bertz CT molecular complexity index is 486. The van der Waals surface area contributed by atoms with E-state index in [0.29, 0.717) is 6.04 Å². The number of thiazole rings is 1. The second-order valence-corrected chi connectivity index (χ2v) is 6.92. The molecule has 0 spiro atoms. The summed E-state index contributed by atoms with van der Waals surface area (Å²) < 4.78 is 0. The molecule has 5 nitrogen and oxygen atoms in total. The molecule has 0 saturated carbocycles. The van der Waals surface area contributed by atoms with Crippen LogP contribution in [0.15, 0.2) is 5.38 Å². The maximum Gasteiger partial charge on any atom is 0.223 e. The lowest BCUT2D eigenvalue weighted by molar-refractivity contribution is -0.126. The molecule has 1 amide bonds. The Hall–Kier alpha value is -0.560. The van der Waals surface area contributed by atoms with Crippen LogP contribution in [-0.4, -0.2) is 43.1 Å². The van der Waals surface area contributed by atoms with Gasteiger partial charge in [-0.1, -0.05) is 0 Å². The van der Waals surface area contributed by atoms with Crippen molar-refractivity contribution < 1.29 is 4.79 Å². The summed E-state index contributed by atoms with van der Waals surface area (Å²) in [6.45, 7) is 5.90. The first-order valence-electron chi connectivity index (χ1n) is 7.90. The fourth-order valence-corrected chi connectivity index (χ4v) is 3.97. The van der Waals surface area contributed by atoms with E-state index in [-0.39, 0.29) is 36.6 Å². The molecule has 2 N–H and O–H groups in total. The molecule has 0 unspecified atom stereocenters. The summed E-state index contributed by atoms with van der Waals surface area (Å²) in [5.74, 6) is 0.419. The summed E-state index contributed by atoms with van der Waals surface area (Å²) in [4.78, 5) is 19.2. The minimum Gasteiger partial charge on any atom is -0.352 e. The third-order valence-corrected chi connectivity index (χ3v) is 5.41. The number of carbonyl (C=O) groups excluding carboxylic acids is 1. The van der Waals surface area contributed by atoms with Gasteiger partial charge in [-0.3, -0.25) is 4.79 Å². The highest BCUT2D eigenvalue weighted by atomic mass is 35.5. The molecule has 2 aliphatic heterocycles. The lowest BCUT2D eigenvalue weighted by Crippen LogP contribution is -2.49. The summed E-state index contributed by atoms with van der Waals surface area (Å²) in [5, 5.41) is 9.75. The number of hydrogen-bond acceptors (Lipinski definition) is 5. The number of rotatable bonds is 3. The van der Waals surface area contributed by atoms with Crippen molar-refractivity contribution in [3.8, 4) is 0 Å². The molecule has 3 heterocycles. The summed E-state index contributed by atoms with van der Waals surface area (Å²) in [7, 11) is 0. The number of amides is 1. The standard InChI is InChI=1S/C15H24N4OS.2ClH/c1-11-10-21-15(17-11)19-7-4-12(5-8-19)14(20)18-13-3-2-6-16-9-13;;/h10,12-13,16H,2-9H2,1H3,(H,18,20);2*1H/t13-;;/m0../s1. The Morgan fingerprint density at radius 3 is 2.65 bits per heavy atom. The zero-order valence-electron chi connectivity index (χ0n) is 13.4. The highest BCUT2D eigenvalue weighted by molar-refractivity contribution is 7.13. The van der Waals surface area contributed by atoms with E-state index in [1.807, 2.05) is 6.92 Å². The van der Waals surface area contributed by atoms with Crippen molar-refractivity contribution in [1.82, 2.24) is 15.6 Å². The highest BCUT2D eigenvalue weighted by Crippen LogP contribution is 2.26. The largest absolute Gasteiger partial charge is 0.352 e. The van der Waals surface area contributed by atoms with Gasteiger partial charge in [-0.2, -0.15) is 0 Å². The van der Waals surface area contributed by atoms with Crippen LogP contribution in [0.25, 0.3) is 0 Å². The molecule has 3 rings (SSSR count). The predicted molar refractivity (Wildman–Crippen MR) is 100 cm³/mol. The summed E-state index contributed by atoms with van der Waals surface area (Å²) in [5.41, 5.74) is 1.08. The van der Waals surface area contributed by atoms with Gasteiger partial charge in [0, 0.05) is 37.0 Å². The monoisotopic (exact) mass is 380 g/mol. The van der Waals surface area contributed by atoms with Crippen molar-refractivity contribution >= 4 is 47.2 Å². The minimum atomic E-state index is 0. The maximum absolute atomic E-state index is 12.3. The Labute approximate surface area is 154 Å². The van der Waals surface area contributed by atoms with Crippen molar-refractivity contribution in [2.24, 2.45) is 5.92 Å². The molecule has 2 saturated heterocycles. The molecule has 2 fully saturated rings. The molecule has 0 bridgehead atoms. The van der Waals surface area contributed by atoms with Crippen LogP contribution in [0.5, 0.6) is 0 Å². The van der Waals surface area contributed by atoms with Crippen LogP contribution in [0.2, 0.25) is 0 Å². The third-order valence-electron chi connectivity index (χ3n) is 4.39. The van der Waals surface area contributed by atoms with Crippen LogP contribution in [0.1, 0.15) is 31.4 Å². The molecule has 23 heavy (non-hydrogen) atoms. The van der Waals surface area contributed by atoms with E-state index in [9.17, 15) is 4.79 Å². The Kier molecular flexibility index (Phi) is 8.61. The van der Waals surface area contributed by atoms with Gasteiger partial charge in [0.1, 0.15) is 0 Å². The first kappa shape index (κ1) is 20.5. The number of piperidine rings is 2. The molecule has 132 valence electrons. The first-order chi connectivity index (χ1) is 10.2. The van der Waals surface area contributed by atoms with Gasteiger partial charge in [-0.15, -0.1) is 36.2 Å². The molecule has 0 radical (unpaired) electrons. The van der Waals surface area contributed by atoms with Crippen LogP contribution in [0.4, 0.5) is 5.13 Å². The Morgan fingerprint density at radius 2 is 2.09 bits per heavy atom. The number of carbonyl (C=O) groups is 1. The van der Waals surface area contributed by atoms with Crippen LogP contribution < -0.4 is 15.5 Å². The highest BCUT2D eigenvalue weighted by Gasteiger charge is 2.27. The van der Waals surface area contributed by atoms with E-state index in [4.69, 9.17) is 0 Å². The van der Waals surface area contributed by atoms with Crippen molar-refractivity contribution in [2.75, 3.05) is 31.1 Å². The first-order valence-corrected chi connectivity index (χ1v) is 8.78. The molecule has 1 atom stereocenters. The number of anilines is 1. The molecule has 0 aliphatic carbocycles. The zero-order chi connectivity index (χ0) is 14.7. The van der Waals surface area contributed by atoms with E-state index in [1.54, 1.807) is 11.3 Å². The molecule has 8 heteroatoms. The average molecular weight is 381 g/mol. The second kappa shape index (κ2) is 9.67. The SMILES string of the molecule is Cc1csc(N2CCC(C(=O)N[C@H]3CCCNC3)CC2)n1.Cl.Cl. The van der Waals surface area contributed by atoms with Gasteiger partial charge in [-0.05, 0) is 39.2 Å². The summed E-state index contributed by atoms with van der Waals surface area (Å²) in [6, 6.07) is 0.325. The number of nitrogens with one attached hydrogen (secondary N) is 2. The smallest absolute Gasteiger partial charge is 0.223 e. The molecular formula is C15H26Cl2N4OS. The fraction of sp³-hybridized carbons (Fsp3) is 0.733. The van der Waals surface area contributed by atoms with Crippen LogP contribution >= 0.6 is 36.2 Å². The molecule has 1 aromatic heterocycles. The third kappa shape index (κ3) is 5.48. The lowest BCUT2D eigenvalue weighted by atomic mass is 9.95. The topological polar surface area (TPSA) is 57.3 Å². The van der Waals surface area contributed by atoms with Gasteiger partial charge in [0.15, 0.2) is 5.13 Å². The van der Waals surface area contributed by atoms with Crippen molar-refractivity contribution in [3.05, 3.63) is 11.1 Å². The van der Waals surface area contributed by atoms with Gasteiger partial charge in [-0.25, -0.2) is 4.98 Å². The van der Waals surface area contributed by atoms with E-state index in [2.05, 4.69) is 25.9 Å². The van der Waals surface area contributed by atoms with Crippen molar-refractivity contribution in [2.45, 2.75) is 38.6 Å². The Balaban J connectivity index is 0.00000132. The van der Waals surface area contributed by atoms with Crippen LogP contribution in [0, 0.1) is 12.8 Å². The molecule has 2 aliphatic rings. The quantitative estimate of drug-likeness (QED) is 0.844. The molecule has 1 aromatic rings. The number of halogens is 2. The van der Waals surface area contributed by atoms with Crippen LogP contribution in [0.3, 0.4) is 0 Å². The van der Waals surface area contributed by atoms with E-state index in [1.165, 1.54) is 0 Å². The van der Waals surface area contributed by atoms with Gasteiger partial charge in [0.05, 0.1) is 5.69 Å². The zero-order valence-corrected chi connectivity index (χ0v) is 15.9. The fourth-order valence-electron chi connectivity index (χ4n) is 3.11. The lowest BCUT2D eigenvalue weighted by Gasteiger charge is -2.32.